The molecule has 7 heteroatoms. The van der Waals surface area contributed by atoms with Gasteiger partial charge in [0.05, 0.1) is 5.69 Å². The fourth-order valence-electron chi connectivity index (χ4n) is 3.03. The van der Waals surface area contributed by atoms with E-state index in [1.54, 1.807) is 24.3 Å². The number of carbonyl (C=O) groups excluding carboxylic acids is 1. The van der Waals surface area contributed by atoms with Gasteiger partial charge in [0.2, 0.25) is 0 Å². The lowest BCUT2D eigenvalue weighted by Gasteiger charge is -2.44. The highest BCUT2D eigenvalue weighted by Gasteiger charge is 2.51. The molecule has 1 unspecified atom stereocenters. The van der Waals surface area contributed by atoms with Crippen LogP contribution in [0.2, 0.25) is 0 Å². The van der Waals surface area contributed by atoms with E-state index in [0.29, 0.717) is 11.3 Å². The number of aromatic nitrogens is 1. The Morgan fingerprint density at radius 2 is 1.92 bits per heavy atom. The summed E-state index contributed by atoms with van der Waals surface area (Å²) < 4.78 is 41.2. The van der Waals surface area contributed by atoms with Gasteiger partial charge >= 0.3 is 6.36 Å². The second-order valence-electron chi connectivity index (χ2n) is 5.78. The van der Waals surface area contributed by atoms with Gasteiger partial charge in [0, 0.05) is 24.5 Å². The van der Waals surface area contributed by atoms with Gasteiger partial charge in [-0.25, -0.2) is 0 Å². The summed E-state index contributed by atoms with van der Waals surface area (Å²) in [4.78, 5) is 15.7. The minimum atomic E-state index is -4.80. The lowest BCUT2D eigenvalue weighted by molar-refractivity contribution is -0.274. The Balaban J connectivity index is 1.97. The van der Waals surface area contributed by atoms with Crippen LogP contribution in [0, 0.1) is 0 Å². The second kappa shape index (κ2) is 5.90. The normalized spacial score (nSPS) is 17.9. The number of carbonyl (C=O) groups is 1. The van der Waals surface area contributed by atoms with E-state index in [9.17, 15) is 23.1 Å². The van der Waals surface area contributed by atoms with Crippen molar-refractivity contribution in [3.63, 3.8) is 0 Å². The van der Waals surface area contributed by atoms with Crippen molar-refractivity contribution in [2.75, 3.05) is 0 Å². The average Bonchev–Trinajstić information content (AvgIpc) is 2.50. The fourth-order valence-corrected chi connectivity index (χ4v) is 3.03. The molecule has 3 rings (SSSR count). The summed E-state index contributed by atoms with van der Waals surface area (Å²) >= 11 is 0. The van der Waals surface area contributed by atoms with E-state index in [4.69, 9.17) is 0 Å². The molecule has 1 N–H and O–H groups in total. The smallest absolute Gasteiger partial charge is 0.406 e. The summed E-state index contributed by atoms with van der Waals surface area (Å²) in [5.41, 5.74) is -0.203. The van der Waals surface area contributed by atoms with Crippen molar-refractivity contribution in [2.24, 2.45) is 0 Å². The van der Waals surface area contributed by atoms with E-state index in [0.717, 1.165) is 0 Å². The van der Waals surface area contributed by atoms with Crippen LogP contribution < -0.4 is 4.74 Å². The summed E-state index contributed by atoms with van der Waals surface area (Å²) in [7, 11) is 0. The Hall–Kier alpha value is -2.41. The van der Waals surface area contributed by atoms with Crippen LogP contribution in [0.25, 0.3) is 0 Å². The van der Waals surface area contributed by atoms with Gasteiger partial charge in [-0.05, 0) is 29.8 Å². The van der Waals surface area contributed by atoms with Crippen LogP contribution in [0.15, 0.2) is 48.7 Å². The zero-order chi connectivity index (χ0) is 17.4. The van der Waals surface area contributed by atoms with Crippen LogP contribution in [-0.4, -0.2) is 22.2 Å². The Morgan fingerprint density at radius 3 is 2.50 bits per heavy atom. The molecular weight excluding hydrogens is 323 g/mol. The predicted octanol–water partition coefficient (Wildman–Crippen LogP) is 3.31. The average molecular weight is 337 g/mol. The molecule has 0 radical (unpaired) electrons. The fraction of sp³-hybridized carbons (Fsp3) is 0.294. The molecular formula is C17H14F3NO3. The Labute approximate surface area is 135 Å². The number of hydrogen-bond donors (Lipinski definition) is 1. The zero-order valence-electron chi connectivity index (χ0n) is 12.5. The third kappa shape index (κ3) is 3.12. The molecule has 1 aromatic heterocycles. The standard InChI is InChI=1S/C17H14F3NO3/c18-17(19,20)24-13-5-3-4-11(8-13)16(9-12(22)10-16)15(23)14-6-1-2-7-21-14/h1-8,15,23H,9-10H2. The van der Waals surface area contributed by atoms with E-state index < -0.39 is 17.9 Å². The van der Waals surface area contributed by atoms with E-state index in [-0.39, 0.29) is 24.4 Å². The molecule has 0 spiro atoms. The van der Waals surface area contributed by atoms with E-state index >= 15 is 0 Å². The number of benzene rings is 1. The minimum Gasteiger partial charge on any atom is -0.406 e. The summed E-state index contributed by atoms with van der Waals surface area (Å²) in [6, 6.07) is 10.4. The van der Waals surface area contributed by atoms with Gasteiger partial charge in [0.25, 0.3) is 0 Å². The SMILES string of the molecule is O=C1CC(c2cccc(OC(F)(F)F)c2)(C(O)c2ccccn2)C1. The number of hydrogen-bond acceptors (Lipinski definition) is 4. The first-order valence-electron chi connectivity index (χ1n) is 7.27. The number of ketones is 1. The highest BCUT2D eigenvalue weighted by Crippen LogP contribution is 2.50. The van der Waals surface area contributed by atoms with Crippen LogP contribution >= 0.6 is 0 Å². The molecule has 1 aliphatic carbocycles. The number of nitrogens with zero attached hydrogens (tertiary/aromatic N) is 1. The number of ether oxygens (including phenoxy) is 1. The first-order chi connectivity index (χ1) is 11.3. The first-order valence-corrected chi connectivity index (χ1v) is 7.27. The molecule has 0 amide bonds. The number of halogens is 3. The van der Waals surface area contributed by atoms with Gasteiger partial charge in [-0.2, -0.15) is 0 Å². The van der Waals surface area contributed by atoms with Gasteiger partial charge in [-0.15, -0.1) is 13.2 Å². The van der Waals surface area contributed by atoms with Crippen LogP contribution in [0.5, 0.6) is 5.75 Å². The van der Waals surface area contributed by atoms with E-state index in [1.165, 1.54) is 24.4 Å². The van der Waals surface area contributed by atoms with Crippen molar-refractivity contribution in [3.8, 4) is 5.75 Å². The topological polar surface area (TPSA) is 59.4 Å². The maximum absolute atomic E-state index is 12.4. The highest BCUT2D eigenvalue weighted by atomic mass is 19.4. The van der Waals surface area contributed by atoms with Crippen molar-refractivity contribution in [2.45, 2.75) is 30.7 Å². The molecule has 2 aromatic rings. The van der Waals surface area contributed by atoms with Crippen molar-refractivity contribution in [1.82, 2.24) is 4.98 Å². The van der Waals surface area contributed by atoms with E-state index in [2.05, 4.69) is 9.72 Å². The summed E-state index contributed by atoms with van der Waals surface area (Å²) in [5, 5.41) is 10.7. The second-order valence-corrected chi connectivity index (χ2v) is 5.78. The van der Waals surface area contributed by atoms with Crippen LogP contribution in [0.3, 0.4) is 0 Å². The summed E-state index contributed by atoms with van der Waals surface area (Å²) in [5.74, 6) is -0.445. The van der Waals surface area contributed by atoms with Gasteiger partial charge < -0.3 is 9.84 Å². The summed E-state index contributed by atoms with van der Waals surface area (Å²) in [6.45, 7) is 0. The van der Waals surface area contributed by atoms with Crippen LogP contribution in [-0.2, 0) is 10.2 Å². The predicted molar refractivity (Wildman–Crippen MR) is 78.2 cm³/mol. The molecule has 1 heterocycles. The van der Waals surface area contributed by atoms with Gasteiger partial charge in [-0.1, -0.05) is 18.2 Å². The zero-order valence-corrected chi connectivity index (χ0v) is 12.5. The molecule has 1 fully saturated rings. The molecule has 0 saturated heterocycles. The number of pyridine rings is 1. The lowest BCUT2D eigenvalue weighted by atomic mass is 9.59. The molecule has 126 valence electrons. The first kappa shape index (κ1) is 16.4. The Kier molecular flexibility index (Phi) is 4.04. The third-order valence-corrected chi connectivity index (χ3v) is 4.16. The van der Waals surface area contributed by atoms with Crippen LogP contribution in [0.4, 0.5) is 13.2 Å². The van der Waals surface area contributed by atoms with Crippen molar-refractivity contribution < 1.29 is 27.8 Å². The quantitative estimate of drug-likeness (QED) is 0.930. The van der Waals surface area contributed by atoms with Crippen molar-refractivity contribution in [1.29, 1.82) is 0 Å². The molecule has 0 bridgehead atoms. The molecule has 24 heavy (non-hydrogen) atoms. The van der Waals surface area contributed by atoms with Crippen molar-refractivity contribution in [3.05, 3.63) is 59.9 Å². The lowest BCUT2D eigenvalue weighted by Crippen LogP contribution is -2.46. The molecule has 1 aromatic carbocycles. The maximum Gasteiger partial charge on any atom is 0.573 e. The largest absolute Gasteiger partial charge is 0.573 e. The van der Waals surface area contributed by atoms with Gasteiger partial charge in [-0.3, -0.25) is 9.78 Å². The molecule has 4 nitrogen and oxygen atoms in total. The monoisotopic (exact) mass is 337 g/mol. The number of aliphatic hydroxyl groups excluding tert-OH is 1. The number of rotatable bonds is 4. The maximum atomic E-state index is 12.4. The van der Waals surface area contributed by atoms with Crippen LogP contribution in [0.1, 0.15) is 30.2 Å². The molecule has 1 saturated carbocycles. The molecule has 1 aliphatic rings. The number of Topliss-reactive ketones (excluding diaryl/α,β-unsaturated/α-hetero) is 1. The minimum absolute atomic E-state index is 0.0419. The van der Waals surface area contributed by atoms with E-state index in [1.807, 2.05) is 0 Å². The molecule has 1 atom stereocenters. The highest BCUT2D eigenvalue weighted by molar-refractivity contribution is 5.89. The number of aliphatic hydroxyl groups is 1. The van der Waals surface area contributed by atoms with Gasteiger partial charge in [0.1, 0.15) is 17.6 Å². The summed E-state index contributed by atoms with van der Waals surface area (Å²) in [6.07, 6.45) is -4.31. The molecule has 0 aliphatic heterocycles. The number of alkyl halides is 3. The van der Waals surface area contributed by atoms with Gasteiger partial charge in [0.15, 0.2) is 0 Å². The third-order valence-electron chi connectivity index (χ3n) is 4.16. The van der Waals surface area contributed by atoms with Crippen molar-refractivity contribution >= 4 is 5.78 Å². The Morgan fingerprint density at radius 1 is 1.17 bits per heavy atom. The Bertz CT molecular complexity index is 738.